The lowest BCUT2D eigenvalue weighted by Gasteiger charge is -2.21. The van der Waals surface area contributed by atoms with E-state index in [-0.39, 0.29) is 6.04 Å². The van der Waals surface area contributed by atoms with Crippen LogP contribution in [0.15, 0.2) is 17.8 Å². The predicted octanol–water partition coefficient (Wildman–Crippen LogP) is 1.57. The Morgan fingerprint density at radius 3 is 3.06 bits per heavy atom. The van der Waals surface area contributed by atoms with Crippen molar-refractivity contribution in [3.05, 3.63) is 28.5 Å². The first kappa shape index (κ1) is 11.7. The highest BCUT2D eigenvalue weighted by atomic mass is 32.1. The third kappa shape index (κ3) is 2.27. The average molecular weight is 262 g/mol. The fraction of sp³-hybridized carbons (Fsp3) is 0.417. The summed E-state index contributed by atoms with van der Waals surface area (Å²) in [5, 5.41) is 6.48. The van der Waals surface area contributed by atoms with Crippen molar-refractivity contribution >= 4 is 11.3 Å². The van der Waals surface area contributed by atoms with E-state index in [2.05, 4.69) is 20.3 Å². The van der Waals surface area contributed by atoms with Crippen LogP contribution in [0.2, 0.25) is 0 Å². The fourth-order valence-electron chi connectivity index (χ4n) is 1.94. The number of aromatic nitrogens is 3. The number of ether oxygens (including phenoxy) is 1. The third-order valence-electron chi connectivity index (χ3n) is 2.87. The molecule has 1 unspecified atom stereocenters. The lowest BCUT2D eigenvalue weighted by molar-refractivity contribution is 0.0768. The van der Waals surface area contributed by atoms with Crippen LogP contribution < -0.4 is 5.32 Å². The Morgan fingerprint density at radius 2 is 2.28 bits per heavy atom. The first-order valence-corrected chi connectivity index (χ1v) is 6.77. The highest BCUT2D eigenvalue weighted by molar-refractivity contribution is 7.10. The lowest BCUT2D eigenvalue weighted by atomic mass is 10.2. The van der Waals surface area contributed by atoms with E-state index in [0.29, 0.717) is 6.61 Å². The Labute approximate surface area is 109 Å². The Hall–Kier alpha value is -1.37. The van der Waals surface area contributed by atoms with Gasteiger partial charge in [0.1, 0.15) is 16.4 Å². The molecule has 2 aromatic heterocycles. The van der Waals surface area contributed by atoms with Crippen molar-refractivity contribution in [3.8, 4) is 11.4 Å². The molecule has 1 aliphatic heterocycles. The van der Waals surface area contributed by atoms with Crippen LogP contribution >= 0.6 is 11.3 Å². The summed E-state index contributed by atoms with van der Waals surface area (Å²) < 4.78 is 5.45. The summed E-state index contributed by atoms with van der Waals surface area (Å²) in [5.41, 5.74) is 2.66. The van der Waals surface area contributed by atoms with Gasteiger partial charge in [-0.1, -0.05) is 0 Å². The quantitative estimate of drug-likeness (QED) is 0.890. The maximum absolute atomic E-state index is 5.45. The summed E-state index contributed by atoms with van der Waals surface area (Å²) in [5.74, 6) is 0. The van der Waals surface area contributed by atoms with Gasteiger partial charge in [-0.2, -0.15) is 0 Å². The molecular weight excluding hydrogens is 248 g/mol. The smallest absolute Gasteiger partial charge is 0.113 e. The van der Waals surface area contributed by atoms with Gasteiger partial charge in [0.05, 0.1) is 24.9 Å². The van der Waals surface area contributed by atoms with Gasteiger partial charge in [-0.05, 0) is 6.92 Å². The van der Waals surface area contributed by atoms with Crippen LogP contribution in [0.25, 0.3) is 11.4 Å². The molecule has 0 bridgehead atoms. The molecule has 0 spiro atoms. The van der Waals surface area contributed by atoms with E-state index in [0.717, 1.165) is 35.2 Å². The van der Waals surface area contributed by atoms with Crippen LogP contribution in [-0.4, -0.2) is 34.7 Å². The molecule has 0 amide bonds. The van der Waals surface area contributed by atoms with Gasteiger partial charge in [0.25, 0.3) is 0 Å². The molecule has 0 aromatic carbocycles. The van der Waals surface area contributed by atoms with E-state index in [9.17, 15) is 0 Å². The third-order valence-corrected chi connectivity index (χ3v) is 3.82. The Balaban J connectivity index is 1.87. The van der Waals surface area contributed by atoms with Crippen LogP contribution in [-0.2, 0) is 4.74 Å². The molecule has 5 nitrogen and oxygen atoms in total. The number of nitrogens with zero attached hydrogens (tertiary/aromatic N) is 3. The van der Waals surface area contributed by atoms with Gasteiger partial charge >= 0.3 is 0 Å². The Kier molecular flexibility index (Phi) is 3.31. The molecule has 94 valence electrons. The zero-order valence-corrected chi connectivity index (χ0v) is 10.9. The highest BCUT2D eigenvalue weighted by Gasteiger charge is 2.19. The minimum absolute atomic E-state index is 0.203. The van der Waals surface area contributed by atoms with Crippen LogP contribution in [0.4, 0.5) is 0 Å². The van der Waals surface area contributed by atoms with E-state index in [1.165, 1.54) is 0 Å². The van der Waals surface area contributed by atoms with Crippen LogP contribution in [0.3, 0.4) is 0 Å². The van der Waals surface area contributed by atoms with Crippen LogP contribution in [0.5, 0.6) is 0 Å². The van der Waals surface area contributed by atoms with Crippen molar-refractivity contribution in [2.45, 2.75) is 13.0 Å². The summed E-state index contributed by atoms with van der Waals surface area (Å²) in [6.07, 6.45) is 3.39. The summed E-state index contributed by atoms with van der Waals surface area (Å²) >= 11 is 1.64. The monoisotopic (exact) mass is 262 g/mol. The molecule has 0 aliphatic carbocycles. The summed E-state index contributed by atoms with van der Waals surface area (Å²) in [6.45, 7) is 4.29. The normalized spacial score (nSPS) is 19.9. The second kappa shape index (κ2) is 5.09. The molecule has 3 rings (SSSR count). The van der Waals surface area contributed by atoms with E-state index < -0.39 is 0 Å². The van der Waals surface area contributed by atoms with Crippen molar-refractivity contribution in [1.82, 2.24) is 20.3 Å². The van der Waals surface area contributed by atoms with Gasteiger partial charge in [0.15, 0.2) is 0 Å². The van der Waals surface area contributed by atoms with Gasteiger partial charge in [-0.25, -0.2) is 4.98 Å². The lowest BCUT2D eigenvalue weighted by Crippen LogP contribution is -2.34. The number of aryl methyl sites for hydroxylation is 1. The Morgan fingerprint density at radius 1 is 1.39 bits per heavy atom. The van der Waals surface area contributed by atoms with Crippen molar-refractivity contribution in [3.63, 3.8) is 0 Å². The molecule has 6 heteroatoms. The second-order valence-electron chi connectivity index (χ2n) is 4.14. The van der Waals surface area contributed by atoms with Gasteiger partial charge in [-0.3, -0.25) is 9.97 Å². The summed E-state index contributed by atoms with van der Waals surface area (Å²) in [4.78, 5) is 13.2. The molecular formula is C12H14N4OS. The van der Waals surface area contributed by atoms with Gasteiger partial charge in [0.2, 0.25) is 0 Å². The minimum Gasteiger partial charge on any atom is -0.378 e. The van der Waals surface area contributed by atoms with Gasteiger partial charge < -0.3 is 10.1 Å². The Bertz CT molecular complexity index is 536. The number of morpholine rings is 1. The van der Waals surface area contributed by atoms with Crippen LogP contribution in [0, 0.1) is 6.92 Å². The maximum atomic E-state index is 5.45. The minimum atomic E-state index is 0.203. The van der Waals surface area contributed by atoms with E-state index in [1.807, 2.05) is 12.3 Å². The topological polar surface area (TPSA) is 59.9 Å². The summed E-state index contributed by atoms with van der Waals surface area (Å²) in [6, 6.07) is 0.203. The molecule has 1 fully saturated rings. The van der Waals surface area contributed by atoms with Crippen LogP contribution in [0.1, 0.15) is 16.7 Å². The van der Waals surface area contributed by atoms with E-state index in [4.69, 9.17) is 4.74 Å². The molecule has 1 atom stereocenters. The maximum Gasteiger partial charge on any atom is 0.113 e. The largest absolute Gasteiger partial charge is 0.378 e. The van der Waals surface area contributed by atoms with Crippen molar-refractivity contribution in [2.24, 2.45) is 0 Å². The molecule has 0 radical (unpaired) electrons. The number of thiazole rings is 1. The van der Waals surface area contributed by atoms with E-state index in [1.54, 1.807) is 23.7 Å². The molecule has 3 heterocycles. The first-order valence-electron chi connectivity index (χ1n) is 5.89. The SMILES string of the molecule is Cc1nccnc1-c1csc(C2COCCN2)n1. The average Bonchev–Trinajstić information content (AvgIpc) is 2.90. The van der Waals surface area contributed by atoms with Gasteiger partial charge in [-0.15, -0.1) is 11.3 Å². The molecule has 18 heavy (non-hydrogen) atoms. The van der Waals surface area contributed by atoms with Gasteiger partial charge in [0, 0.05) is 24.3 Å². The van der Waals surface area contributed by atoms with E-state index >= 15 is 0 Å². The van der Waals surface area contributed by atoms with Crippen molar-refractivity contribution in [2.75, 3.05) is 19.8 Å². The van der Waals surface area contributed by atoms with Crippen molar-refractivity contribution < 1.29 is 4.74 Å². The molecule has 0 saturated carbocycles. The fourth-order valence-corrected chi connectivity index (χ4v) is 2.80. The standard InChI is InChI=1S/C12H14N4OS/c1-8-11(15-3-2-13-8)10-7-18-12(16-10)9-6-17-5-4-14-9/h2-3,7,9,14H,4-6H2,1H3. The number of hydrogen-bond donors (Lipinski definition) is 1. The number of hydrogen-bond acceptors (Lipinski definition) is 6. The molecule has 2 aromatic rings. The molecule has 1 saturated heterocycles. The van der Waals surface area contributed by atoms with Crippen molar-refractivity contribution in [1.29, 1.82) is 0 Å². The zero-order chi connectivity index (χ0) is 12.4. The molecule has 1 N–H and O–H groups in total. The molecule has 1 aliphatic rings. The predicted molar refractivity (Wildman–Crippen MR) is 69.4 cm³/mol. The second-order valence-corrected chi connectivity index (χ2v) is 5.03. The zero-order valence-electron chi connectivity index (χ0n) is 10.1. The number of nitrogens with one attached hydrogen (secondary N) is 1. The first-order chi connectivity index (χ1) is 8.84. The summed E-state index contributed by atoms with van der Waals surface area (Å²) in [7, 11) is 0. The highest BCUT2D eigenvalue weighted by Crippen LogP contribution is 2.26. The number of rotatable bonds is 2.